The predicted molar refractivity (Wildman–Crippen MR) is 113 cm³/mol. The maximum absolute atomic E-state index is 13.6. The van der Waals surface area contributed by atoms with Crippen LogP contribution in [0.3, 0.4) is 0 Å². The first-order chi connectivity index (χ1) is 14.7. The Bertz CT molecular complexity index is 1050. The molecule has 0 spiro atoms. The van der Waals surface area contributed by atoms with Crippen molar-refractivity contribution in [2.75, 3.05) is 10.6 Å². The number of anilines is 2. The number of hydrogen-bond donors (Lipinski definition) is 3. The Morgan fingerprint density at radius 2 is 1.45 bits per heavy atom. The summed E-state index contributed by atoms with van der Waals surface area (Å²) < 4.78 is 40.7. The quantitative estimate of drug-likeness (QED) is 0.479. The fraction of sp³-hybridized carbons (Fsp3) is 0.130. The monoisotopic (exact) mass is 427 g/mol. The molecule has 0 heterocycles. The van der Waals surface area contributed by atoms with Gasteiger partial charge in [-0.25, -0.2) is 4.79 Å². The zero-order valence-corrected chi connectivity index (χ0v) is 16.5. The highest BCUT2D eigenvalue weighted by Gasteiger charge is 2.34. The Morgan fingerprint density at radius 3 is 2.06 bits per heavy atom. The van der Waals surface area contributed by atoms with Crippen LogP contribution in [0, 0.1) is 0 Å². The fourth-order valence-corrected chi connectivity index (χ4v) is 2.94. The number of carbonyl (C=O) groups excluding carboxylic acids is 2. The molecule has 0 aromatic heterocycles. The maximum atomic E-state index is 13.6. The van der Waals surface area contributed by atoms with Crippen molar-refractivity contribution in [3.63, 3.8) is 0 Å². The summed E-state index contributed by atoms with van der Waals surface area (Å²) >= 11 is 0. The van der Waals surface area contributed by atoms with Crippen molar-refractivity contribution in [3.05, 3.63) is 95.6 Å². The van der Waals surface area contributed by atoms with E-state index in [4.69, 9.17) is 0 Å². The first kappa shape index (κ1) is 21.9. The first-order valence-electron chi connectivity index (χ1n) is 9.44. The Kier molecular flexibility index (Phi) is 6.59. The summed E-state index contributed by atoms with van der Waals surface area (Å²) in [6, 6.07) is 19.2. The van der Waals surface area contributed by atoms with Crippen LogP contribution in [0.15, 0.2) is 78.9 Å². The van der Waals surface area contributed by atoms with Crippen LogP contribution in [0.2, 0.25) is 0 Å². The highest BCUT2D eigenvalue weighted by Crippen LogP contribution is 2.36. The number of amides is 3. The van der Waals surface area contributed by atoms with Crippen LogP contribution in [0.25, 0.3) is 0 Å². The van der Waals surface area contributed by atoms with Crippen LogP contribution in [0.5, 0.6) is 0 Å². The van der Waals surface area contributed by atoms with E-state index in [9.17, 15) is 22.8 Å². The van der Waals surface area contributed by atoms with Crippen LogP contribution in [0.4, 0.5) is 29.3 Å². The van der Waals surface area contributed by atoms with E-state index in [2.05, 4.69) is 16.0 Å². The van der Waals surface area contributed by atoms with Gasteiger partial charge in [-0.05, 0) is 42.8 Å². The lowest BCUT2D eigenvalue weighted by Crippen LogP contribution is -2.32. The van der Waals surface area contributed by atoms with E-state index in [1.54, 1.807) is 61.5 Å². The van der Waals surface area contributed by atoms with Gasteiger partial charge in [0, 0.05) is 11.3 Å². The molecule has 3 rings (SSSR count). The molecule has 0 radical (unpaired) electrons. The molecule has 0 aliphatic heterocycles. The average molecular weight is 427 g/mol. The molecule has 0 saturated carbocycles. The topological polar surface area (TPSA) is 70.2 Å². The van der Waals surface area contributed by atoms with Crippen molar-refractivity contribution in [2.45, 2.75) is 19.1 Å². The Morgan fingerprint density at radius 1 is 0.839 bits per heavy atom. The molecule has 8 heteroatoms. The SMILES string of the molecule is CC(NC(=O)Nc1ccc(NC(=O)c2ccccc2)cc1C(F)(F)F)c1ccccc1. The molecule has 0 fully saturated rings. The van der Waals surface area contributed by atoms with E-state index in [0.717, 1.165) is 17.7 Å². The summed E-state index contributed by atoms with van der Waals surface area (Å²) in [7, 11) is 0. The first-order valence-corrected chi connectivity index (χ1v) is 9.44. The molecule has 0 saturated heterocycles. The zero-order valence-electron chi connectivity index (χ0n) is 16.5. The second-order valence-electron chi connectivity index (χ2n) is 6.81. The average Bonchev–Trinajstić information content (AvgIpc) is 2.75. The third-order valence-electron chi connectivity index (χ3n) is 4.51. The number of urea groups is 1. The molecule has 3 aromatic rings. The standard InChI is InChI=1S/C23H20F3N3O2/c1-15(16-8-4-2-5-9-16)27-22(31)29-20-13-12-18(14-19(20)23(24,25)26)28-21(30)17-10-6-3-7-11-17/h2-15H,1H3,(H,28,30)(H2,27,29,31). The van der Waals surface area contributed by atoms with Gasteiger partial charge in [0.2, 0.25) is 0 Å². The highest BCUT2D eigenvalue weighted by molar-refractivity contribution is 6.04. The maximum Gasteiger partial charge on any atom is 0.418 e. The third kappa shape index (κ3) is 5.85. The molecule has 31 heavy (non-hydrogen) atoms. The number of carbonyl (C=O) groups is 2. The van der Waals surface area contributed by atoms with Gasteiger partial charge in [0.25, 0.3) is 5.91 Å². The zero-order chi connectivity index (χ0) is 22.4. The van der Waals surface area contributed by atoms with Crippen molar-refractivity contribution >= 4 is 23.3 Å². The number of hydrogen-bond acceptors (Lipinski definition) is 2. The molecule has 1 unspecified atom stereocenters. The fourth-order valence-electron chi connectivity index (χ4n) is 2.94. The van der Waals surface area contributed by atoms with Gasteiger partial charge in [0.15, 0.2) is 0 Å². The van der Waals surface area contributed by atoms with Crippen molar-refractivity contribution in [1.82, 2.24) is 5.32 Å². The van der Waals surface area contributed by atoms with Crippen LogP contribution < -0.4 is 16.0 Å². The highest BCUT2D eigenvalue weighted by atomic mass is 19.4. The van der Waals surface area contributed by atoms with E-state index in [1.165, 1.54) is 6.07 Å². The van der Waals surface area contributed by atoms with Crippen LogP contribution in [0.1, 0.15) is 34.5 Å². The summed E-state index contributed by atoms with van der Waals surface area (Å²) in [6.45, 7) is 1.72. The molecule has 1 atom stereocenters. The number of rotatable bonds is 5. The van der Waals surface area contributed by atoms with Crippen molar-refractivity contribution in [3.8, 4) is 0 Å². The Labute approximate surface area is 177 Å². The van der Waals surface area contributed by atoms with E-state index in [0.29, 0.717) is 5.56 Å². The van der Waals surface area contributed by atoms with E-state index in [-0.39, 0.29) is 5.69 Å². The molecule has 3 amide bonds. The summed E-state index contributed by atoms with van der Waals surface area (Å²) in [4.78, 5) is 24.5. The molecular formula is C23H20F3N3O2. The van der Waals surface area contributed by atoms with Gasteiger partial charge in [0.05, 0.1) is 17.3 Å². The minimum atomic E-state index is -4.73. The molecule has 0 bridgehead atoms. The van der Waals surface area contributed by atoms with Gasteiger partial charge in [0.1, 0.15) is 0 Å². The molecular weight excluding hydrogens is 407 g/mol. The molecule has 160 valence electrons. The lowest BCUT2D eigenvalue weighted by Gasteiger charge is -2.18. The summed E-state index contributed by atoms with van der Waals surface area (Å²) in [5.41, 5.74) is -0.395. The minimum absolute atomic E-state index is 0.0372. The number of halogens is 3. The molecule has 3 aromatic carbocycles. The molecule has 3 N–H and O–H groups in total. The van der Waals surface area contributed by atoms with Crippen LogP contribution in [-0.4, -0.2) is 11.9 Å². The lowest BCUT2D eigenvalue weighted by atomic mass is 10.1. The van der Waals surface area contributed by atoms with Gasteiger partial charge in [-0.2, -0.15) is 13.2 Å². The van der Waals surface area contributed by atoms with Gasteiger partial charge < -0.3 is 16.0 Å². The minimum Gasteiger partial charge on any atom is -0.331 e. The number of benzene rings is 3. The third-order valence-corrected chi connectivity index (χ3v) is 4.51. The molecule has 0 aliphatic rings. The van der Waals surface area contributed by atoms with E-state index in [1.807, 2.05) is 6.07 Å². The van der Waals surface area contributed by atoms with Crippen molar-refractivity contribution in [1.29, 1.82) is 0 Å². The molecule has 5 nitrogen and oxygen atoms in total. The predicted octanol–water partition coefficient (Wildman–Crippen LogP) is 5.84. The van der Waals surface area contributed by atoms with Gasteiger partial charge in [-0.3, -0.25) is 4.79 Å². The van der Waals surface area contributed by atoms with Gasteiger partial charge >= 0.3 is 12.2 Å². The van der Waals surface area contributed by atoms with E-state index < -0.39 is 35.4 Å². The lowest BCUT2D eigenvalue weighted by molar-refractivity contribution is -0.136. The van der Waals surface area contributed by atoms with Gasteiger partial charge in [-0.15, -0.1) is 0 Å². The summed E-state index contributed by atoms with van der Waals surface area (Å²) in [6.07, 6.45) is -4.73. The van der Waals surface area contributed by atoms with Crippen molar-refractivity contribution in [2.24, 2.45) is 0 Å². The Hall–Kier alpha value is -3.81. The summed E-state index contributed by atoms with van der Waals surface area (Å²) in [5, 5.41) is 7.29. The van der Waals surface area contributed by atoms with Gasteiger partial charge in [-0.1, -0.05) is 48.5 Å². The second-order valence-corrected chi connectivity index (χ2v) is 6.81. The Balaban J connectivity index is 1.75. The van der Waals surface area contributed by atoms with Crippen molar-refractivity contribution < 1.29 is 22.8 Å². The molecule has 0 aliphatic carbocycles. The van der Waals surface area contributed by atoms with Crippen LogP contribution >= 0.6 is 0 Å². The smallest absolute Gasteiger partial charge is 0.331 e. The van der Waals surface area contributed by atoms with E-state index >= 15 is 0 Å². The number of nitrogens with one attached hydrogen (secondary N) is 3. The number of alkyl halides is 3. The normalized spacial score (nSPS) is 12.0. The van der Waals surface area contributed by atoms with Crippen LogP contribution in [-0.2, 0) is 6.18 Å². The second kappa shape index (κ2) is 9.34. The summed E-state index contributed by atoms with van der Waals surface area (Å²) in [5.74, 6) is -0.538. The largest absolute Gasteiger partial charge is 0.418 e.